The normalized spacial score (nSPS) is 13.9. The first-order valence-corrected chi connectivity index (χ1v) is 9.96. The Balaban J connectivity index is 1.45. The molecule has 4 rings (SSSR count). The number of hydrogen-bond acceptors (Lipinski definition) is 8. The van der Waals surface area contributed by atoms with Crippen LogP contribution < -0.4 is 21.1 Å². The first kappa shape index (κ1) is 22.6. The molecule has 12 heteroatoms. The van der Waals surface area contributed by atoms with E-state index in [1.807, 2.05) is 0 Å². The van der Waals surface area contributed by atoms with Crippen LogP contribution in [-0.4, -0.2) is 33.2 Å². The Morgan fingerprint density at radius 1 is 1.06 bits per heavy atom. The third kappa shape index (κ3) is 4.60. The second-order valence-electron chi connectivity index (χ2n) is 7.47. The van der Waals surface area contributed by atoms with Crippen molar-refractivity contribution in [3.05, 3.63) is 66.0 Å². The standard InChI is InChI=1S/C22H18F2N6O4/c23-12-1-3-13(4-2-12)29-20(31)22(7-8-22)21(32)30-14-5-6-17(16(24)9-14)34-19-15(10-28-33)18(25)26-11-27-19/h1-6,9-11,33H,7-8H2,(H,29,31)(H,30,32)(H2,25,26,27)/b28-10+. The van der Waals surface area contributed by atoms with Gasteiger partial charge in [0.25, 0.3) is 0 Å². The van der Waals surface area contributed by atoms with Crippen molar-refractivity contribution in [3.63, 3.8) is 0 Å². The molecule has 2 aromatic carbocycles. The molecule has 5 N–H and O–H groups in total. The number of rotatable bonds is 7. The summed E-state index contributed by atoms with van der Waals surface area (Å²) in [5.74, 6) is -2.83. The number of carbonyl (C=O) groups excluding carboxylic acids is 2. The van der Waals surface area contributed by atoms with Crippen molar-refractivity contribution in [1.82, 2.24) is 9.97 Å². The van der Waals surface area contributed by atoms with Gasteiger partial charge in [-0.2, -0.15) is 0 Å². The van der Waals surface area contributed by atoms with Crippen LogP contribution in [0.15, 0.2) is 53.9 Å². The van der Waals surface area contributed by atoms with Crippen LogP contribution in [0.25, 0.3) is 0 Å². The molecule has 0 atom stereocenters. The largest absolute Gasteiger partial charge is 0.435 e. The Kier molecular flexibility index (Phi) is 6.04. The van der Waals surface area contributed by atoms with Crippen molar-refractivity contribution in [3.8, 4) is 11.6 Å². The molecule has 1 fully saturated rings. The highest BCUT2D eigenvalue weighted by Gasteiger charge is 2.56. The first-order valence-electron chi connectivity index (χ1n) is 9.96. The number of nitrogen functional groups attached to an aromatic ring is 1. The Morgan fingerprint density at radius 3 is 2.32 bits per heavy atom. The zero-order chi connectivity index (χ0) is 24.3. The van der Waals surface area contributed by atoms with Crippen LogP contribution >= 0.6 is 0 Å². The zero-order valence-electron chi connectivity index (χ0n) is 17.5. The van der Waals surface area contributed by atoms with Crippen molar-refractivity contribution in [2.75, 3.05) is 16.4 Å². The molecule has 3 aromatic rings. The van der Waals surface area contributed by atoms with Gasteiger partial charge in [-0.1, -0.05) is 5.16 Å². The fraction of sp³-hybridized carbons (Fsp3) is 0.136. The van der Waals surface area contributed by atoms with E-state index >= 15 is 0 Å². The molecule has 1 aromatic heterocycles. The van der Waals surface area contributed by atoms with Gasteiger partial charge in [0.15, 0.2) is 11.6 Å². The summed E-state index contributed by atoms with van der Waals surface area (Å²) in [7, 11) is 0. The molecular weight excluding hydrogens is 450 g/mol. The summed E-state index contributed by atoms with van der Waals surface area (Å²) in [5.41, 5.74) is 4.89. The molecule has 0 radical (unpaired) electrons. The van der Waals surface area contributed by atoms with Gasteiger partial charge in [-0.05, 0) is 49.2 Å². The maximum Gasteiger partial charge on any atom is 0.240 e. The smallest absolute Gasteiger partial charge is 0.240 e. The van der Waals surface area contributed by atoms with Gasteiger partial charge >= 0.3 is 0 Å². The van der Waals surface area contributed by atoms with Crippen LogP contribution in [0.1, 0.15) is 18.4 Å². The van der Waals surface area contributed by atoms with E-state index < -0.39 is 28.9 Å². The van der Waals surface area contributed by atoms with Gasteiger partial charge in [-0.3, -0.25) is 9.59 Å². The number of amides is 2. The third-order valence-corrected chi connectivity index (χ3v) is 5.18. The summed E-state index contributed by atoms with van der Waals surface area (Å²) in [5, 5.41) is 16.7. The van der Waals surface area contributed by atoms with Gasteiger partial charge in [0, 0.05) is 17.4 Å². The molecule has 0 aliphatic heterocycles. The highest BCUT2D eigenvalue weighted by Crippen LogP contribution is 2.47. The summed E-state index contributed by atoms with van der Waals surface area (Å²) < 4.78 is 33.1. The topological polar surface area (TPSA) is 152 Å². The highest BCUT2D eigenvalue weighted by molar-refractivity contribution is 6.16. The quantitative estimate of drug-likeness (QED) is 0.180. The van der Waals surface area contributed by atoms with E-state index in [1.54, 1.807) is 0 Å². The molecule has 174 valence electrons. The molecule has 0 saturated heterocycles. The van der Waals surface area contributed by atoms with Crippen molar-refractivity contribution >= 4 is 35.2 Å². The average Bonchev–Trinajstić information content (AvgIpc) is 3.62. The zero-order valence-corrected chi connectivity index (χ0v) is 17.5. The molecule has 0 bridgehead atoms. The van der Waals surface area contributed by atoms with Gasteiger partial charge in [-0.25, -0.2) is 18.7 Å². The Hall–Kier alpha value is -4.61. The minimum atomic E-state index is -1.29. The fourth-order valence-corrected chi connectivity index (χ4v) is 3.14. The summed E-state index contributed by atoms with van der Waals surface area (Å²) in [6.07, 6.45) is 2.68. The maximum absolute atomic E-state index is 14.7. The number of carbonyl (C=O) groups is 2. The van der Waals surface area contributed by atoms with Crippen LogP contribution in [-0.2, 0) is 9.59 Å². The second kappa shape index (κ2) is 9.10. The number of nitrogens with one attached hydrogen (secondary N) is 2. The van der Waals surface area contributed by atoms with Gasteiger partial charge in [0.2, 0.25) is 17.7 Å². The number of nitrogens with zero attached hydrogens (tertiary/aromatic N) is 3. The van der Waals surface area contributed by atoms with Crippen LogP contribution in [0.5, 0.6) is 11.6 Å². The molecule has 34 heavy (non-hydrogen) atoms. The van der Waals surface area contributed by atoms with E-state index in [2.05, 4.69) is 25.8 Å². The number of aromatic nitrogens is 2. The van der Waals surface area contributed by atoms with E-state index in [0.717, 1.165) is 18.6 Å². The monoisotopic (exact) mass is 468 g/mol. The summed E-state index contributed by atoms with van der Waals surface area (Å²) in [4.78, 5) is 33.0. The van der Waals surface area contributed by atoms with E-state index in [9.17, 15) is 18.4 Å². The van der Waals surface area contributed by atoms with E-state index in [1.165, 1.54) is 36.4 Å². The lowest BCUT2D eigenvalue weighted by molar-refractivity contribution is -0.131. The number of anilines is 3. The van der Waals surface area contributed by atoms with Crippen LogP contribution in [0.4, 0.5) is 26.0 Å². The van der Waals surface area contributed by atoms with Crippen LogP contribution in [0, 0.1) is 17.0 Å². The summed E-state index contributed by atoms with van der Waals surface area (Å²) in [6, 6.07) is 8.81. The molecule has 10 nitrogen and oxygen atoms in total. The van der Waals surface area contributed by atoms with E-state index in [0.29, 0.717) is 18.5 Å². The van der Waals surface area contributed by atoms with Crippen molar-refractivity contribution < 1.29 is 28.3 Å². The number of ether oxygens (including phenoxy) is 1. The molecule has 1 aliphatic rings. The number of halogens is 2. The Bertz CT molecular complexity index is 1280. The van der Waals surface area contributed by atoms with Crippen molar-refractivity contribution in [2.24, 2.45) is 10.6 Å². The molecule has 1 saturated carbocycles. The van der Waals surface area contributed by atoms with Gasteiger partial charge < -0.3 is 26.3 Å². The molecule has 0 spiro atoms. The highest BCUT2D eigenvalue weighted by atomic mass is 19.1. The number of benzene rings is 2. The van der Waals surface area contributed by atoms with Crippen LogP contribution in [0.3, 0.4) is 0 Å². The minimum absolute atomic E-state index is 0.0410. The summed E-state index contributed by atoms with van der Waals surface area (Å²) >= 11 is 0. The molecule has 1 aliphatic carbocycles. The van der Waals surface area contributed by atoms with Gasteiger partial charge in [-0.15, -0.1) is 0 Å². The maximum atomic E-state index is 14.7. The summed E-state index contributed by atoms with van der Waals surface area (Å²) in [6.45, 7) is 0. The lowest BCUT2D eigenvalue weighted by Gasteiger charge is -2.16. The minimum Gasteiger partial charge on any atom is -0.435 e. The van der Waals surface area contributed by atoms with E-state index in [4.69, 9.17) is 15.7 Å². The Morgan fingerprint density at radius 2 is 1.71 bits per heavy atom. The lowest BCUT2D eigenvalue weighted by atomic mass is 10.0. The fourth-order valence-electron chi connectivity index (χ4n) is 3.14. The van der Waals surface area contributed by atoms with Crippen LogP contribution in [0.2, 0.25) is 0 Å². The van der Waals surface area contributed by atoms with E-state index in [-0.39, 0.29) is 28.7 Å². The molecule has 0 unspecified atom stereocenters. The SMILES string of the molecule is Nc1ncnc(Oc2ccc(NC(=O)C3(C(=O)Nc4ccc(F)cc4)CC3)cc2F)c1/C=N/O. The van der Waals surface area contributed by atoms with Gasteiger partial charge in [0.05, 0.1) is 6.21 Å². The predicted octanol–water partition coefficient (Wildman–Crippen LogP) is 3.29. The number of oxime groups is 1. The predicted molar refractivity (Wildman–Crippen MR) is 118 cm³/mol. The number of nitrogens with two attached hydrogens (primary N) is 1. The molecule has 2 amide bonds. The average molecular weight is 468 g/mol. The van der Waals surface area contributed by atoms with Gasteiger partial charge in [0.1, 0.15) is 28.9 Å². The molecular formula is C22H18F2N6O4. The first-order chi connectivity index (χ1) is 16.3. The third-order valence-electron chi connectivity index (χ3n) is 5.18. The Labute approximate surface area is 191 Å². The lowest BCUT2D eigenvalue weighted by Crippen LogP contribution is -2.35. The number of hydrogen-bond donors (Lipinski definition) is 4. The molecule has 1 heterocycles. The van der Waals surface area contributed by atoms with Crippen molar-refractivity contribution in [2.45, 2.75) is 12.8 Å². The second-order valence-corrected chi connectivity index (χ2v) is 7.47. The van der Waals surface area contributed by atoms with Crippen molar-refractivity contribution in [1.29, 1.82) is 0 Å².